The predicted molar refractivity (Wildman–Crippen MR) is 59.7 cm³/mol. The average Bonchev–Trinajstić information content (AvgIpc) is 2.29. The van der Waals surface area contributed by atoms with Crippen molar-refractivity contribution in [2.75, 3.05) is 6.61 Å². The molecule has 0 bridgehead atoms. The highest BCUT2D eigenvalue weighted by Crippen LogP contribution is 2.12. The number of hydroxylamine groups is 1. The molecule has 0 fully saturated rings. The van der Waals surface area contributed by atoms with Gasteiger partial charge in [-0.3, -0.25) is 9.63 Å². The van der Waals surface area contributed by atoms with Crippen molar-refractivity contribution in [2.24, 2.45) is 5.73 Å². The molecule has 0 aliphatic heterocycles. The molecule has 0 aromatic heterocycles. The number of rotatable bonds is 6. The van der Waals surface area contributed by atoms with E-state index < -0.39 is 24.5 Å². The summed E-state index contributed by atoms with van der Waals surface area (Å²) in [4.78, 5) is 25.9. The molecule has 92 valence electrons. The Kier molecular flexibility index (Phi) is 5.12. The lowest BCUT2D eigenvalue weighted by atomic mass is 10.1. The summed E-state index contributed by atoms with van der Waals surface area (Å²) in [5.41, 5.74) is 8.64. The number of nitrogens with two attached hydrogens (primary N) is 1. The summed E-state index contributed by atoms with van der Waals surface area (Å²) in [7, 11) is 0. The Labute approximate surface area is 98.3 Å². The second-order valence-electron chi connectivity index (χ2n) is 3.43. The SMILES string of the molecule is NC(CC(=O)NOCC(=O)O)c1ccccc1. The van der Waals surface area contributed by atoms with Gasteiger partial charge in [-0.15, -0.1) is 0 Å². The van der Waals surface area contributed by atoms with Crippen LogP contribution in [-0.4, -0.2) is 23.6 Å². The summed E-state index contributed by atoms with van der Waals surface area (Å²) in [5.74, 6) is -1.61. The van der Waals surface area contributed by atoms with Gasteiger partial charge in [0.15, 0.2) is 6.61 Å². The van der Waals surface area contributed by atoms with E-state index in [1.54, 1.807) is 0 Å². The van der Waals surface area contributed by atoms with Crippen LogP contribution < -0.4 is 11.2 Å². The summed E-state index contributed by atoms with van der Waals surface area (Å²) in [6.07, 6.45) is 0.0314. The molecular weight excluding hydrogens is 224 g/mol. The summed E-state index contributed by atoms with van der Waals surface area (Å²) >= 11 is 0. The molecule has 1 aromatic carbocycles. The van der Waals surface area contributed by atoms with E-state index in [0.717, 1.165) is 5.56 Å². The van der Waals surface area contributed by atoms with Gasteiger partial charge < -0.3 is 10.8 Å². The lowest BCUT2D eigenvalue weighted by Crippen LogP contribution is -2.29. The number of hydrogen-bond donors (Lipinski definition) is 3. The lowest BCUT2D eigenvalue weighted by Gasteiger charge is -2.11. The second-order valence-corrected chi connectivity index (χ2v) is 3.43. The molecular formula is C11H14N2O4. The van der Waals surface area contributed by atoms with E-state index in [2.05, 4.69) is 4.84 Å². The minimum Gasteiger partial charge on any atom is -0.479 e. The Morgan fingerprint density at radius 1 is 1.35 bits per heavy atom. The lowest BCUT2D eigenvalue weighted by molar-refractivity contribution is -0.149. The van der Waals surface area contributed by atoms with Crippen molar-refractivity contribution in [3.8, 4) is 0 Å². The molecule has 1 unspecified atom stereocenters. The number of nitrogens with one attached hydrogen (secondary N) is 1. The Morgan fingerprint density at radius 2 is 2.00 bits per heavy atom. The molecule has 1 atom stereocenters. The molecule has 1 amide bonds. The van der Waals surface area contributed by atoms with Gasteiger partial charge in [-0.2, -0.15) is 0 Å². The average molecular weight is 238 g/mol. The Hall–Kier alpha value is -1.92. The smallest absolute Gasteiger partial charge is 0.332 e. The van der Waals surface area contributed by atoms with Gasteiger partial charge in [-0.25, -0.2) is 10.3 Å². The number of carboxylic acid groups (broad SMARTS) is 1. The first-order chi connectivity index (χ1) is 8.09. The first kappa shape index (κ1) is 13.1. The van der Waals surface area contributed by atoms with E-state index >= 15 is 0 Å². The fourth-order valence-electron chi connectivity index (χ4n) is 1.24. The van der Waals surface area contributed by atoms with Gasteiger partial charge in [-0.05, 0) is 5.56 Å². The molecule has 4 N–H and O–H groups in total. The van der Waals surface area contributed by atoms with E-state index in [-0.39, 0.29) is 6.42 Å². The standard InChI is InChI=1S/C11H14N2O4/c12-9(8-4-2-1-3-5-8)6-10(14)13-17-7-11(15)16/h1-5,9H,6-7,12H2,(H,13,14)(H,15,16). The summed E-state index contributed by atoms with van der Waals surface area (Å²) < 4.78 is 0. The Balaban J connectivity index is 2.34. The molecule has 0 radical (unpaired) electrons. The monoisotopic (exact) mass is 238 g/mol. The molecule has 0 aliphatic rings. The van der Waals surface area contributed by atoms with Crippen LogP contribution in [-0.2, 0) is 14.4 Å². The Morgan fingerprint density at radius 3 is 2.59 bits per heavy atom. The number of hydrogen-bond acceptors (Lipinski definition) is 4. The third kappa shape index (κ3) is 5.10. The summed E-state index contributed by atoms with van der Waals surface area (Å²) in [6, 6.07) is 8.70. The molecule has 1 rings (SSSR count). The van der Waals surface area contributed by atoms with Gasteiger partial charge in [0.2, 0.25) is 5.91 Å². The normalized spacial score (nSPS) is 11.8. The van der Waals surface area contributed by atoms with Crippen LogP contribution in [0.5, 0.6) is 0 Å². The first-order valence-corrected chi connectivity index (χ1v) is 5.02. The maximum Gasteiger partial charge on any atom is 0.332 e. The molecule has 0 spiro atoms. The van der Waals surface area contributed by atoms with Gasteiger partial charge in [0.25, 0.3) is 0 Å². The van der Waals surface area contributed by atoms with Gasteiger partial charge in [0.05, 0.1) is 0 Å². The molecule has 0 saturated heterocycles. The molecule has 0 aliphatic carbocycles. The van der Waals surface area contributed by atoms with E-state index in [4.69, 9.17) is 10.8 Å². The van der Waals surface area contributed by atoms with Crippen molar-refractivity contribution in [3.63, 3.8) is 0 Å². The van der Waals surface area contributed by atoms with Crippen molar-refractivity contribution in [3.05, 3.63) is 35.9 Å². The van der Waals surface area contributed by atoms with E-state index in [0.29, 0.717) is 0 Å². The number of carboxylic acids is 1. The van der Waals surface area contributed by atoms with Crippen LogP contribution in [0, 0.1) is 0 Å². The van der Waals surface area contributed by atoms with Crippen molar-refractivity contribution >= 4 is 11.9 Å². The number of aliphatic carboxylic acids is 1. The number of carbonyl (C=O) groups excluding carboxylic acids is 1. The zero-order valence-corrected chi connectivity index (χ0v) is 9.13. The minimum absolute atomic E-state index is 0.0314. The van der Waals surface area contributed by atoms with Crippen LogP contribution in [0.25, 0.3) is 0 Å². The molecule has 6 heteroatoms. The van der Waals surface area contributed by atoms with Gasteiger partial charge in [0.1, 0.15) is 0 Å². The maximum atomic E-state index is 11.3. The molecule has 6 nitrogen and oxygen atoms in total. The molecule has 1 aromatic rings. The van der Waals surface area contributed by atoms with Gasteiger partial charge in [-0.1, -0.05) is 30.3 Å². The first-order valence-electron chi connectivity index (χ1n) is 5.02. The fraction of sp³-hybridized carbons (Fsp3) is 0.273. The quantitative estimate of drug-likeness (QED) is 0.615. The summed E-state index contributed by atoms with van der Waals surface area (Å²) in [5, 5.41) is 8.29. The van der Waals surface area contributed by atoms with Crippen LogP contribution in [0.3, 0.4) is 0 Å². The van der Waals surface area contributed by atoms with Crippen molar-refractivity contribution in [2.45, 2.75) is 12.5 Å². The van der Waals surface area contributed by atoms with Crippen molar-refractivity contribution in [1.82, 2.24) is 5.48 Å². The van der Waals surface area contributed by atoms with Crippen LogP contribution in [0.2, 0.25) is 0 Å². The molecule has 0 heterocycles. The number of benzene rings is 1. The van der Waals surface area contributed by atoms with Gasteiger partial charge >= 0.3 is 5.97 Å². The van der Waals surface area contributed by atoms with Crippen molar-refractivity contribution in [1.29, 1.82) is 0 Å². The van der Waals surface area contributed by atoms with Crippen molar-refractivity contribution < 1.29 is 19.5 Å². The zero-order valence-electron chi connectivity index (χ0n) is 9.13. The molecule has 17 heavy (non-hydrogen) atoms. The van der Waals surface area contributed by atoms with Crippen LogP contribution in [0.1, 0.15) is 18.0 Å². The number of amides is 1. The largest absolute Gasteiger partial charge is 0.479 e. The summed E-state index contributed by atoms with van der Waals surface area (Å²) in [6.45, 7) is -0.577. The second kappa shape index (κ2) is 6.62. The van der Waals surface area contributed by atoms with Crippen LogP contribution in [0.4, 0.5) is 0 Å². The highest BCUT2D eigenvalue weighted by molar-refractivity contribution is 5.76. The Bertz CT molecular complexity index is 380. The van der Waals surface area contributed by atoms with E-state index in [1.165, 1.54) is 0 Å². The minimum atomic E-state index is -1.15. The zero-order chi connectivity index (χ0) is 12.7. The fourth-order valence-corrected chi connectivity index (χ4v) is 1.24. The number of carbonyl (C=O) groups is 2. The third-order valence-corrected chi connectivity index (χ3v) is 2.01. The highest BCUT2D eigenvalue weighted by Gasteiger charge is 2.11. The van der Waals surface area contributed by atoms with E-state index in [1.807, 2.05) is 35.8 Å². The van der Waals surface area contributed by atoms with Gasteiger partial charge in [0, 0.05) is 12.5 Å². The van der Waals surface area contributed by atoms with E-state index in [9.17, 15) is 9.59 Å². The predicted octanol–water partition coefficient (Wildman–Crippen LogP) is 0.209. The third-order valence-electron chi connectivity index (χ3n) is 2.01. The van der Waals surface area contributed by atoms with Crippen LogP contribution in [0.15, 0.2) is 30.3 Å². The van der Waals surface area contributed by atoms with Crippen LogP contribution >= 0.6 is 0 Å². The highest BCUT2D eigenvalue weighted by atomic mass is 16.7. The maximum absolute atomic E-state index is 11.3. The molecule has 0 saturated carbocycles. The topological polar surface area (TPSA) is 102 Å².